The van der Waals surface area contributed by atoms with E-state index in [2.05, 4.69) is 14.7 Å². The average Bonchev–Trinajstić information content (AvgIpc) is 2.17. The zero-order chi connectivity index (χ0) is 10.8. The van der Waals surface area contributed by atoms with Crippen molar-refractivity contribution in [1.82, 2.24) is 9.97 Å². The molecule has 0 aliphatic heterocycles. The largest absolute Gasteiger partial charge is 0.401 e. The lowest BCUT2D eigenvalue weighted by Crippen LogP contribution is -2.05. The first-order valence-electron chi connectivity index (χ1n) is 4.13. The van der Waals surface area contributed by atoms with Gasteiger partial charge < -0.3 is 10.5 Å². The smallest absolute Gasteiger partial charge is 0.389 e. The summed E-state index contributed by atoms with van der Waals surface area (Å²) in [5.74, 6) is 0. The Morgan fingerprint density at radius 3 is 2.87 bits per heavy atom. The zero-order valence-corrected chi connectivity index (χ0v) is 7.52. The summed E-state index contributed by atoms with van der Waals surface area (Å²) in [4.78, 5) is 7.40. The van der Waals surface area contributed by atoms with Crippen LogP contribution in [0.3, 0.4) is 0 Å². The van der Waals surface area contributed by atoms with Crippen molar-refractivity contribution in [2.45, 2.75) is 6.61 Å². The molecule has 0 saturated carbocycles. The van der Waals surface area contributed by atoms with Crippen molar-refractivity contribution >= 4 is 16.6 Å². The topological polar surface area (TPSA) is 61.0 Å². The lowest BCUT2D eigenvalue weighted by Gasteiger charge is -2.04. The maximum Gasteiger partial charge on any atom is 0.389 e. The Morgan fingerprint density at radius 1 is 1.33 bits per heavy atom. The second kappa shape index (κ2) is 3.64. The molecule has 2 rings (SSSR count). The molecule has 4 nitrogen and oxygen atoms in total. The number of halogens is 2. The lowest BCUT2D eigenvalue weighted by molar-refractivity contribution is -0.0558. The van der Waals surface area contributed by atoms with Gasteiger partial charge in [0.1, 0.15) is 0 Å². The van der Waals surface area contributed by atoms with E-state index in [1.165, 1.54) is 6.20 Å². The molecule has 1 aromatic carbocycles. The summed E-state index contributed by atoms with van der Waals surface area (Å²) in [6.45, 7) is -2.93. The van der Waals surface area contributed by atoms with Gasteiger partial charge in [0.2, 0.25) is 0 Å². The second-order valence-corrected chi connectivity index (χ2v) is 2.81. The molecule has 0 aliphatic carbocycles. The van der Waals surface area contributed by atoms with Crippen molar-refractivity contribution in [1.29, 1.82) is 0 Å². The molecule has 0 saturated heterocycles. The molecule has 0 spiro atoms. The van der Waals surface area contributed by atoms with Crippen LogP contribution in [0.25, 0.3) is 10.9 Å². The van der Waals surface area contributed by atoms with E-state index in [4.69, 9.17) is 5.73 Å². The van der Waals surface area contributed by atoms with Gasteiger partial charge in [-0.05, 0) is 12.1 Å². The van der Waals surface area contributed by atoms with Crippen LogP contribution in [0.15, 0.2) is 24.4 Å². The van der Waals surface area contributed by atoms with Crippen LogP contribution in [-0.2, 0) is 0 Å². The molecular formula is C9H7F2N3O. The van der Waals surface area contributed by atoms with Crippen LogP contribution in [0.2, 0.25) is 0 Å². The van der Waals surface area contributed by atoms with Gasteiger partial charge in [0, 0.05) is 17.3 Å². The first kappa shape index (κ1) is 9.57. The molecule has 2 N–H and O–H groups in total. The summed E-state index contributed by atoms with van der Waals surface area (Å²) in [6, 6.07) is 4.64. The molecule has 0 radical (unpaired) electrons. The van der Waals surface area contributed by atoms with Crippen molar-refractivity contribution in [3.63, 3.8) is 0 Å². The van der Waals surface area contributed by atoms with Gasteiger partial charge >= 0.3 is 12.6 Å². The van der Waals surface area contributed by atoms with Gasteiger partial charge in [0.05, 0.1) is 5.52 Å². The number of rotatable bonds is 2. The molecular weight excluding hydrogens is 204 g/mol. The van der Waals surface area contributed by atoms with Crippen molar-refractivity contribution in [2.75, 3.05) is 5.73 Å². The Labute approximate surface area is 83.7 Å². The zero-order valence-electron chi connectivity index (χ0n) is 7.52. The number of hydrogen-bond acceptors (Lipinski definition) is 4. The van der Waals surface area contributed by atoms with Gasteiger partial charge in [-0.2, -0.15) is 13.8 Å². The summed E-state index contributed by atoms with van der Waals surface area (Å²) in [5.41, 5.74) is 6.61. The Balaban J connectivity index is 2.48. The number of nitrogens with two attached hydrogens (primary N) is 1. The van der Waals surface area contributed by atoms with Crippen LogP contribution in [0.5, 0.6) is 6.01 Å². The highest BCUT2D eigenvalue weighted by atomic mass is 19.3. The SMILES string of the molecule is Nc1cccc2nc(OC(F)F)ncc12. The lowest BCUT2D eigenvalue weighted by atomic mass is 10.2. The molecule has 0 unspecified atom stereocenters. The second-order valence-electron chi connectivity index (χ2n) is 2.81. The monoisotopic (exact) mass is 211 g/mol. The summed E-state index contributed by atoms with van der Waals surface area (Å²) >= 11 is 0. The van der Waals surface area contributed by atoms with Gasteiger partial charge in [-0.25, -0.2) is 4.98 Å². The van der Waals surface area contributed by atoms with Gasteiger partial charge in [0.15, 0.2) is 0 Å². The maximum absolute atomic E-state index is 11.9. The van der Waals surface area contributed by atoms with Gasteiger partial charge in [-0.15, -0.1) is 0 Å². The number of anilines is 1. The van der Waals surface area contributed by atoms with E-state index in [1.54, 1.807) is 18.2 Å². The van der Waals surface area contributed by atoms with Crippen LogP contribution in [0, 0.1) is 0 Å². The summed E-state index contributed by atoms with van der Waals surface area (Å²) in [7, 11) is 0. The third-order valence-corrected chi connectivity index (χ3v) is 1.83. The molecule has 0 bridgehead atoms. The molecule has 1 heterocycles. The number of fused-ring (bicyclic) bond motifs is 1. The molecule has 0 amide bonds. The van der Waals surface area contributed by atoms with Crippen molar-refractivity contribution in [2.24, 2.45) is 0 Å². The van der Waals surface area contributed by atoms with E-state index in [0.717, 1.165) is 0 Å². The van der Waals surface area contributed by atoms with Crippen LogP contribution in [0.1, 0.15) is 0 Å². The number of ether oxygens (including phenoxy) is 1. The average molecular weight is 211 g/mol. The van der Waals surface area contributed by atoms with Crippen LogP contribution < -0.4 is 10.5 Å². The molecule has 15 heavy (non-hydrogen) atoms. The molecule has 78 valence electrons. The number of aromatic nitrogens is 2. The predicted molar refractivity (Wildman–Crippen MR) is 50.6 cm³/mol. The van der Waals surface area contributed by atoms with E-state index >= 15 is 0 Å². The highest BCUT2D eigenvalue weighted by Gasteiger charge is 2.08. The van der Waals surface area contributed by atoms with Gasteiger partial charge in [0.25, 0.3) is 0 Å². The minimum absolute atomic E-state index is 0.358. The van der Waals surface area contributed by atoms with Gasteiger partial charge in [-0.1, -0.05) is 6.07 Å². The fourth-order valence-corrected chi connectivity index (χ4v) is 1.20. The Kier molecular flexibility index (Phi) is 2.32. The summed E-state index contributed by atoms with van der Waals surface area (Å²) in [5, 5.41) is 0.610. The number of alkyl halides is 2. The number of benzene rings is 1. The molecule has 6 heteroatoms. The minimum atomic E-state index is -2.93. The summed E-state index contributed by atoms with van der Waals surface area (Å²) in [6.07, 6.45) is 1.36. The molecule has 0 atom stereocenters. The standard InChI is InChI=1S/C9H7F2N3O/c10-8(11)15-9-13-4-5-6(12)2-1-3-7(5)14-9/h1-4,8H,12H2. The highest BCUT2D eigenvalue weighted by Crippen LogP contribution is 2.20. The third-order valence-electron chi connectivity index (χ3n) is 1.83. The normalized spacial score (nSPS) is 10.9. The predicted octanol–water partition coefficient (Wildman–Crippen LogP) is 1.81. The van der Waals surface area contributed by atoms with E-state index in [9.17, 15) is 8.78 Å². The Hall–Kier alpha value is -1.98. The summed E-state index contributed by atoms with van der Waals surface area (Å²) < 4.78 is 27.8. The first-order chi connectivity index (χ1) is 7.16. The van der Waals surface area contributed by atoms with Crippen LogP contribution >= 0.6 is 0 Å². The Morgan fingerprint density at radius 2 is 2.13 bits per heavy atom. The third kappa shape index (κ3) is 1.93. The number of nitrogens with zero attached hydrogens (tertiary/aromatic N) is 2. The minimum Gasteiger partial charge on any atom is -0.401 e. The number of nitrogen functional groups attached to an aromatic ring is 1. The fourth-order valence-electron chi connectivity index (χ4n) is 1.20. The van der Waals surface area contributed by atoms with E-state index in [0.29, 0.717) is 16.6 Å². The van der Waals surface area contributed by atoms with Crippen LogP contribution in [0.4, 0.5) is 14.5 Å². The first-order valence-corrected chi connectivity index (χ1v) is 4.13. The Bertz CT molecular complexity index is 490. The van der Waals surface area contributed by atoms with Crippen molar-refractivity contribution in [3.8, 4) is 6.01 Å². The number of hydrogen-bond donors (Lipinski definition) is 1. The van der Waals surface area contributed by atoms with E-state index in [1.807, 2.05) is 0 Å². The quantitative estimate of drug-likeness (QED) is 0.769. The molecule has 0 fully saturated rings. The molecule has 2 aromatic rings. The van der Waals surface area contributed by atoms with E-state index in [-0.39, 0.29) is 6.01 Å². The fraction of sp³-hybridized carbons (Fsp3) is 0.111. The van der Waals surface area contributed by atoms with E-state index < -0.39 is 6.61 Å². The van der Waals surface area contributed by atoms with Crippen LogP contribution in [-0.4, -0.2) is 16.6 Å². The highest BCUT2D eigenvalue weighted by molar-refractivity contribution is 5.89. The maximum atomic E-state index is 11.9. The molecule has 0 aliphatic rings. The molecule has 1 aromatic heterocycles. The van der Waals surface area contributed by atoms with Crippen molar-refractivity contribution < 1.29 is 13.5 Å². The van der Waals surface area contributed by atoms with Crippen molar-refractivity contribution in [3.05, 3.63) is 24.4 Å². The van der Waals surface area contributed by atoms with Gasteiger partial charge in [-0.3, -0.25) is 0 Å².